The fourth-order valence-corrected chi connectivity index (χ4v) is 5.55. The second kappa shape index (κ2) is 8.40. The van der Waals surface area contributed by atoms with E-state index in [1.165, 1.54) is 4.57 Å². The molecule has 2 heterocycles. The molecule has 0 unspecified atom stereocenters. The van der Waals surface area contributed by atoms with Crippen LogP contribution >= 0.6 is 0 Å². The number of ether oxygens (including phenoxy) is 1. The lowest BCUT2D eigenvalue weighted by Crippen LogP contribution is -2.53. The number of aromatic nitrogens is 2. The highest BCUT2D eigenvalue weighted by atomic mass is 28.4. The van der Waals surface area contributed by atoms with Crippen LogP contribution in [0.15, 0.2) is 17.1 Å². The van der Waals surface area contributed by atoms with E-state index in [0.29, 0.717) is 13.0 Å². The van der Waals surface area contributed by atoms with E-state index in [-0.39, 0.29) is 22.0 Å². The maximum atomic E-state index is 12.5. The molecule has 1 fully saturated rings. The monoisotopic (exact) mass is 469 g/mol. The highest BCUT2D eigenvalue weighted by Gasteiger charge is 2.52. The predicted molar refractivity (Wildman–Crippen MR) is 131 cm³/mol. The first-order chi connectivity index (χ1) is 13.8. The fraction of sp³-hybridized carbons (Fsp3) is 0.818. The van der Waals surface area contributed by atoms with Crippen molar-refractivity contribution in [3.63, 3.8) is 0 Å². The number of anilines is 1. The molecule has 0 saturated carbocycles. The normalized spacial score (nSPS) is 25.8. The van der Waals surface area contributed by atoms with E-state index in [0.717, 1.165) is 0 Å². The number of rotatable bonds is 6. The van der Waals surface area contributed by atoms with Gasteiger partial charge in [-0.25, -0.2) is 4.79 Å². The lowest BCUT2D eigenvalue weighted by molar-refractivity contribution is -0.111. The van der Waals surface area contributed by atoms with E-state index in [4.69, 9.17) is 19.3 Å². The molecule has 0 spiro atoms. The standard InChI is InChI=1S/C22H43N3O4Si2/c1-20(2,3)30(8,9)27-15-22(7)16(29-31(10,11)21(4,5)6)14-18(28-22)25-13-12-17(23)24-19(25)26/h12-13,16,18H,14-15H2,1-11H3,(H2,23,24,26)/t16-,18+,22+/m0/s1. The molecule has 1 aliphatic heterocycles. The Morgan fingerprint density at radius 1 is 1.16 bits per heavy atom. The topological polar surface area (TPSA) is 88.6 Å². The third-order valence-corrected chi connectivity index (χ3v) is 16.4. The summed E-state index contributed by atoms with van der Waals surface area (Å²) < 4.78 is 21.4. The van der Waals surface area contributed by atoms with Crippen molar-refractivity contribution in [2.75, 3.05) is 12.3 Å². The quantitative estimate of drug-likeness (QED) is 0.595. The van der Waals surface area contributed by atoms with Crippen LogP contribution in [0.3, 0.4) is 0 Å². The van der Waals surface area contributed by atoms with Crippen LogP contribution in [-0.4, -0.2) is 44.5 Å². The Bertz CT molecular complexity index is 842. The Morgan fingerprint density at radius 3 is 2.19 bits per heavy atom. The van der Waals surface area contributed by atoms with Crippen molar-refractivity contribution in [2.45, 2.75) is 109 Å². The van der Waals surface area contributed by atoms with E-state index >= 15 is 0 Å². The van der Waals surface area contributed by atoms with Gasteiger partial charge in [0.1, 0.15) is 17.6 Å². The van der Waals surface area contributed by atoms with E-state index in [9.17, 15) is 4.79 Å². The van der Waals surface area contributed by atoms with Gasteiger partial charge in [-0.1, -0.05) is 41.5 Å². The summed E-state index contributed by atoms with van der Waals surface area (Å²) in [4.78, 5) is 16.3. The Hall–Kier alpha value is -1.01. The molecule has 1 saturated heterocycles. The summed E-state index contributed by atoms with van der Waals surface area (Å²) in [6, 6.07) is 1.62. The number of nitrogen functional groups attached to an aromatic ring is 1. The summed E-state index contributed by atoms with van der Waals surface area (Å²) in [6.45, 7) is 24.8. The first-order valence-electron chi connectivity index (χ1n) is 11.1. The first-order valence-corrected chi connectivity index (χ1v) is 16.9. The molecule has 2 rings (SSSR count). The van der Waals surface area contributed by atoms with Gasteiger partial charge in [0.05, 0.1) is 12.7 Å². The Balaban J connectivity index is 2.37. The highest BCUT2D eigenvalue weighted by molar-refractivity contribution is 6.74. The molecular formula is C22H43N3O4Si2. The third kappa shape index (κ3) is 5.68. The van der Waals surface area contributed by atoms with E-state index < -0.39 is 34.2 Å². The number of hydrogen-bond acceptors (Lipinski definition) is 6. The van der Waals surface area contributed by atoms with Gasteiger partial charge in [0, 0.05) is 12.6 Å². The molecule has 31 heavy (non-hydrogen) atoms. The van der Waals surface area contributed by atoms with Gasteiger partial charge in [0.25, 0.3) is 0 Å². The third-order valence-electron chi connectivity index (χ3n) is 7.43. The second-order valence-electron chi connectivity index (χ2n) is 12.1. The minimum absolute atomic E-state index is 0.0614. The molecule has 1 aromatic rings. The van der Waals surface area contributed by atoms with Crippen molar-refractivity contribution in [2.24, 2.45) is 0 Å². The van der Waals surface area contributed by atoms with Gasteiger partial charge < -0.3 is 19.3 Å². The van der Waals surface area contributed by atoms with Gasteiger partial charge in [-0.15, -0.1) is 0 Å². The lowest BCUT2D eigenvalue weighted by atomic mass is 10.0. The summed E-state index contributed by atoms with van der Waals surface area (Å²) >= 11 is 0. The van der Waals surface area contributed by atoms with Gasteiger partial charge in [0.2, 0.25) is 0 Å². The van der Waals surface area contributed by atoms with Gasteiger partial charge in [-0.2, -0.15) is 4.98 Å². The summed E-state index contributed by atoms with van der Waals surface area (Å²) in [5, 5.41) is 0.154. The average molecular weight is 470 g/mol. The SMILES string of the molecule is CC(C)(C)[Si](C)(C)OC[C@@]1(C)O[C@@H](n2ccc(N)nc2=O)C[C@@H]1O[Si](C)(C)C(C)(C)C. The number of nitrogens with zero attached hydrogens (tertiary/aromatic N) is 2. The zero-order valence-electron chi connectivity index (χ0n) is 21.3. The lowest BCUT2D eigenvalue weighted by Gasteiger charge is -2.43. The maximum Gasteiger partial charge on any atom is 0.351 e. The zero-order valence-corrected chi connectivity index (χ0v) is 23.3. The summed E-state index contributed by atoms with van der Waals surface area (Å²) in [6.07, 6.45) is 1.56. The van der Waals surface area contributed by atoms with E-state index in [2.05, 4.69) is 72.7 Å². The summed E-state index contributed by atoms with van der Waals surface area (Å²) in [7, 11) is -4.06. The molecule has 3 atom stereocenters. The molecule has 0 amide bonds. The molecule has 2 N–H and O–H groups in total. The van der Waals surface area contributed by atoms with Crippen LogP contribution < -0.4 is 11.4 Å². The second-order valence-corrected chi connectivity index (χ2v) is 21.6. The van der Waals surface area contributed by atoms with Crippen molar-refractivity contribution in [3.8, 4) is 0 Å². The van der Waals surface area contributed by atoms with Gasteiger partial charge >= 0.3 is 5.69 Å². The minimum atomic E-state index is -2.07. The van der Waals surface area contributed by atoms with Crippen LogP contribution in [0.5, 0.6) is 0 Å². The molecular weight excluding hydrogens is 426 g/mol. The zero-order chi connectivity index (χ0) is 24.0. The molecule has 0 radical (unpaired) electrons. The van der Waals surface area contributed by atoms with Crippen molar-refractivity contribution in [3.05, 3.63) is 22.7 Å². The number of hydrogen-bond donors (Lipinski definition) is 1. The Labute approximate surface area is 189 Å². The molecule has 0 aromatic carbocycles. The summed E-state index contributed by atoms with van der Waals surface area (Å²) in [5.41, 5.74) is 4.59. The molecule has 7 nitrogen and oxygen atoms in total. The van der Waals surface area contributed by atoms with Crippen LogP contribution in [0.1, 0.15) is 61.1 Å². The van der Waals surface area contributed by atoms with Crippen molar-refractivity contribution in [1.29, 1.82) is 0 Å². The predicted octanol–water partition coefficient (Wildman–Crippen LogP) is 4.92. The molecule has 0 aliphatic carbocycles. The van der Waals surface area contributed by atoms with Crippen molar-refractivity contribution in [1.82, 2.24) is 9.55 Å². The highest BCUT2D eigenvalue weighted by Crippen LogP contribution is 2.45. The van der Waals surface area contributed by atoms with Crippen LogP contribution in [-0.2, 0) is 13.6 Å². The minimum Gasteiger partial charge on any atom is -0.414 e. The number of nitrogens with two attached hydrogens (primary N) is 1. The molecule has 1 aromatic heterocycles. The van der Waals surface area contributed by atoms with E-state index in [1.807, 2.05) is 6.92 Å². The van der Waals surface area contributed by atoms with E-state index in [1.54, 1.807) is 12.3 Å². The van der Waals surface area contributed by atoms with Crippen LogP contribution in [0, 0.1) is 0 Å². The molecule has 0 bridgehead atoms. The molecule has 178 valence electrons. The van der Waals surface area contributed by atoms with Crippen LogP contribution in [0.25, 0.3) is 0 Å². The van der Waals surface area contributed by atoms with Gasteiger partial charge in [-0.3, -0.25) is 4.57 Å². The van der Waals surface area contributed by atoms with Crippen molar-refractivity contribution >= 4 is 22.5 Å². The Morgan fingerprint density at radius 2 is 1.71 bits per heavy atom. The van der Waals surface area contributed by atoms with Gasteiger partial charge in [0.15, 0.2) is 16.6 Å². The summed E-state index contributed by atoms with van der Waals surface area (Å²) in [5.74, 6) is 0.206. The maximum absolute atomic E-state index is 12.5. The van der Waals surface area contributed by atoms with Crippen LogP contribution in [0.2, 0.25) is 36.3 Å². The van der Waals surface area contributed by atoms with Crippen LogP contribution in [0.4, 0.5) is 5.82 Å². The Kier molecular flexibility index (Phi) is 7.12. The molecule has 1 aliphatic rings. The average Bonchev–Trinajstić information content (AvgIpc) is 2.87. The smallest absolute Gasteiger partial charge is 0.351 e. The first kappa shape index (κ1) is 26.2. The largest absolute Gasteiger partial charge is 0.414 e. The van der Waals surface area contributed by atoms with Gasteiger partial charge in [-0.05, 0) is 49.3 Å². The molecule has 9 heteroatoms. The van der Waals surface area contributed by atoms with Crippen molar-refractivity contribution < 1.29 is 13.6 Å². The fourth-order valence-electron chi connectivity index (χ4n) is 3.05.